The molecule has 1 unspecified atom stereocenters. The molecule has 18 heavy (non-hydrogen) atoms. The molecule has 0 heterocycles. The number of hydrogen-bond acceptors (Lipinski definition) is 4. The lowest BCUT2D eigenvalue weighted by molar-refractivity contribution is -0.384. The molecule has 0 aromatic heterocycles. The summed E-state index contributed by atoms with van der Waals surface area (Å²) >= 11 is 0. The van der Waals surface area contributed by atoms with Crippen LogP contribution in [0.2, 0.25) is 0 Å². The number of benzene rings is 1. The minimum Gasteiger partial charge on any atom is -0.377 e. The Kier molecular flexibility index (Phi) is 4.67. The Labute approximate surface area is 107 Å². The zero-order valence-electron chi connectivity index (χ0n) is 10.8. The number of nitrogens with zero attached hydrogens (tertiary/aromatic N) is 2. The Balaban J connectivity index is 3.09. The summed E-state index contributed by atoms with van der Waals surface area (Å²) in [6.45, 7) is 6.17. The van der Waals surface area contributed by atoms with Gasteiger partial charge in [-0.15, -0.1) is 0 Å². The summed E-state index contributed by atoms with van der Waals surface area (Å²) in [5.74, 6) is 0.380. The van der Waals surface area contributed by atoms with Gasteiger partial charge >= 0.3 is 0 Å². The zero-order valence-corrected chi connectivity index (χ0v) is 10.8. The molecule has 1 N–H and O–H groups in total. The summed E-state index contributed by atoms with van der Waals surface area (Å²) in [5, 5.41) is 22.9. The first-order chi connectivity index (χ1) is 8.49. The maximum absolute atomic E-state index is 11.0. The van der Waals surface area contributed by atoms with E-state index in [0.29, 0.717) is 17.2 Å². The van der Waals surface area contributed by atoms with Gasteiger partial charge in [0.15, 0.2) is 0 Å². The lowest BCUT2D eigenvalue weighted by Gasteiger charge is -2.21. The highest BCUT2D eigenvalue weighted by molar-refractivity contribution is 5.64. The molecule has 0 aliphatic carbocycles. The van der Waals surface area contributed by atoms with Gasteiger partial charge in [0.05, 0.1) is 16.6 Å². The van der Waals surface area contributed by atoms with Crippen molar-refractivity contribution >= 4 is 11.4 Å². The number of hydrogen-bond donors (Lipinski definition) is 1. The fourth-order valence-corrected chi connectivity index (χ4v) is 1.81. The first-order valence-corrected chi connectivity index (χ1v) is 5.94. The quantitative estimate of drug-likeness (QED) is 0.639. The second-order valence-corrected chi connectivity index (χ2v) is 4.50. The van der Waals surface area contributed by atoms with Crippen molar-refractivity contribution in [2.45, 2.75) is 33.2 Å². The number of nitro benzene ring substituents is 1. The number of anilines is 1. The number of rotatable bonds is 5. The first-order valence-electron chi connectivity index (χ1n) is 5.94. The molecule has 96 valence electrons. The molecular weight excluding hydrogens is 230 g/mol. The van der Waals surface area contributed by atoms with Gasteiger partial charge in [0, 0.05) is 12.1 Å². The molecular formula is C13H17N3O2. The molecule has 0 saturated heterocycles. The van der Waals surface area contributed by atoms with Crippen LogP contribution in [0.25, 0.3) is 0 Å². The minimum atomic E-state index is -0.462. The lowest BCUT2D eigenvalue weighted by Crippen LogP contribution is -2.25. The van der Waals surface area contributed by atoms with Gasteiger partial charge < -0.3 is 5.32 Å². The summed E-state index contributed by atoms with van der Waals surface area (Å²) in [6, 6.07) is 6.57. The average molecular weight is 247 g/mol. The molecule has 1 aromatic carbocycles. The highest BCUT2D eigenvalue weighted by Crippen LogP contribution is 2.27. The van der Waals surface area contributed by atoms with Crippen LogP contribution in [0.4, 0.5) is 11.4 Å². The summed E-state index contributed by atoms with van der Waals surface area (Å²) in [4.78, 5) is 10.5. The Bertz CT molecular complexity index is 478. The standard InChI is InChI=1S/C13H17N3O2/c1-4-11(9(2)3)15-12-6-5-10(8-14)7-13(12)16(17)18/h5-7,9,11,15H,4H2,1-3H3. The fourth-order valence-electron chi connectivity index (χ4n) is 1.81. The first kappa shape index (κ1) is 14.0. The van der Waals surface area contributed by atoms with Crippen LogP contribution in [0.5, 0.6) is 0 Å². The molecule has 0 radical (unpaired) electrons. The zero-order chi connectivity index (χ0) is 13.7. The predicted octanol–water partition coefficient (Wildman–Crippen LogP) is 3.31. The van der Waals surface area contributed by atoms with E-state index >= 15 is 0 Å². The van der Waals surface area contributed by atoms with Crippen LogP contribution < -0.4 is 5.32 Å². The molecule has 1 rings (SSSR count). The SMILES string of the molecule is CCC(Nc1ccc(C#N)cc1[N+](=O)[O-])C(C)C. The van der Waals surface area contributed by atoms with E-state index in [4.69, 9.17) is 5.26 Å². The Hall–Kier alpha value is -2.09. The summed E-state index contributed by atoms with van der Waals surface area (Å²) < 4.78 is 0. The smallest absolute Gasteiger partial charge is 0.293 e. The van der Waals surface area contributed by atoms with Crippen molar-refractivity contribution in [2.24, 2.45) is 5.92 Å². The molecule has 0 saturated carbocycles. The topological polar surface area (TPSA) is 79.0 Å². The molecule has 0 bridgehead atoms. The Morgan fingerprint density at radius 2 is 2.17 bits per heavy atom. The molecule has 0 aliphatic rings. The highest BCUT2D eigenvalue weighted by Gasteiger charge is 2.18. The third kappa shape index (κ3) is 3.20. The van der Waals surface area contributed by atoms with Crippen molar-refractivity contribution in [1.29, 1.82) is 5.26 Å². The third-order valence-corrected chi connectivity index (χ3v) is 2.91. The molecule has 0 amide bonds. The van der Waals surface area contributed by atoms with Gasteiger partial charge in [-0.05, 0) is 24.5 Å². The third-order valence-electron chi connectivity index (χ3n) is 2.91. The predicted molar refractivity (Wildman–Crippen MR) is 70.4 cm³/mol. The molecule has 5 nitrogen and oxygen atoms in total. The summed E-state index contributed by atoms with van der Waals surface area (Å²) in [7, 11) is 0. The average Bonchev–Trinajstić information content (AvgIpc) is 2.35. The van der Waals surface area contributed by atoms with Crippen molar-refractivity contribution in [2.75, 3.05) is 5.32 Å². The minimum absolute atomic E-state index is 0.0480. The van der Waals surface area contributed by atoms with E-state index in [1.54, 1.807) is 12.1 Å². The van der Waals surface area contributed by atoms with Crippen LogP contribution >= 0.6 is 0 Å². The fraction of sp³-hybridized carbons (Fsp3) is 0.462. The van der Waals surface area contributed by atoms with E-state index < -0.39 is 4.92 Å². The van der Waals surface area contributed by atoms with Crippen LogP contribution in [0.1, 0.15) is 32.8 Å². The summed E-state index contributed by atoms with van der Waals surface area (Å²) in [5.41, 5.74) is 0.720. The van der Waals surface area contributed by atoms with Crippen LogP contribution in [0.15, 0.2) is 18.2 Å². The van der Waals surface area contributed by atoms with Gasteiger partial charge in [0.2, 0.25) is 0 Å². The van der Waals surface area contributed by atoms with Gasteiger partial charge in [-0.2, -0.15) is 5.26 Å². The number of nitrogens with one attached hydrogen (secondary N) is 1. The monoisotopic (exact) mass is 247 g/mol. The van der Waals surface area contributed by atoms with Gasteiger partial charge in [0.25, 0.3) is 5.69 Å². The second kappa shape index (κ2) is 6.01. The molecule has 1 atom stereocenters. The normalized spacial score (nSPS) is 11.9. The molecule has 0 spiro atoms. The molecule has 1 aromatic rings. The van der Waals surface area contributed by atoms with Gasteiger partial charge in [-0.1, -0.05) is 20.8 Å². The van der Waals surface area contributed by atoms with Gasteiger partial charge in [-0.3, -0.25) is 10.1 Å². The van der Waals surface area contributed by atoms with Crippen molar-refractivity contribution in [1.82, 2.24) is 0 Å². The van der Waals surface area contributed by atoms with E-state index in [1.165, 1.54) is 6.07 Å². The van der Waals surface area contributed by atoms with E-state index in [1.807, 2.05) is 13.0 Å². The van der Waals surface area contributed by atoms with E-state index in [9.17, 15) is 10.1 Å². The molecule has 0 fully saturated rings. The van der Waals surface area contributed by atoms with Crippen LogP contribution in [-0.2, 0) is 0 Å². The van der Waals surface area contributed by atoms with Crippen LogP contribution in [0, 0.1) is 27.4 Å². The number of nitro groups is 1. The van der Waals surface area contributed by atoms with Gasteiger partial charge in [-0.25, -0.2) is 0 Å². The molecule has 5 heteroatoms. The summed E-state index contributed by atoms with van der Waals surface area (Å²) in [6.07, 6.45) is 0.884. The maximum Gasteiger partial charge on any atom is 0.293 e. The lowest BCUT2D eigenvalue weighted by atomic mass is 10.0. The highest BCUT2D eigenvalue weighted by atomic mass is 16.6. The van der Waals surface area contributed by atoms with Crippen molar-refractivity contribution in [3.8, 4) is 6.07 Å². The van der Waals surface area contributed by atoms with Crippen LogP contribution in [-0.4, -0.2) is 11.0 Å². The van der Waals surface area contributed by atoms with Crippen molar-refractivity contribution in [3.05, 3.63) is 33.9 Å². The second-order valence-electron chi connectivity index (χ2n) is 4.50. The number of nitriles is 1. The Morgan fingerprint density at radius 3 is 2.61 bits per heavy atom. The molecule has 0 aliphatic heterocycles. The van der Waals surface area contributed by atoms with Gasteiger partial charge in [0.1, 0.15) is 5.69 Å². The maximum atomic E-state index is 11.0. The van der Waals surface area contributed by atoms with E-state index in [-0.39, 0.29) is 11.7 Å². The van der Waals surface area contributed by atoms with E-state index in [2.05, 4.69) is 19.2 Å². The Morgan fingerprint density at radius 1 is 1.50 bits per heavy atom. The largest absolute Gasteiger partial charge is 0.377 e. The van der Waals surface area contributed by atoms with Crippen molar-refractivity contribution in [3.63, 3.8) is 0 Å². The van der Waals surface area contributed by atoms with Crippen molar-refractivity contribution < 1.29 is 4.92 Å². The van der Waals surface area contributed by atoms with Crippen LogP contribution in [0.3, 0.4) is 0 Å². The van der Waals surface area contributed by atoms with E-state index in [0.717, 1.165) is 6.42 Å².